The lowest BCUT2D eigenvalue weighted by atomic mass is 10.1. The predicted molar refractivity (Wildman–Crippen MR) is 80.9 cm³/mol. The molecule has 0 aliphatic heterocycles. The van der Waals surface area contributed by atoms with Gasteiger partial charge in [0.1, 0.15) is 0 Å². The summed E-state index contributed by atoms with van der Waals surface area (Å²) in [5.74, 6) is 0.586. The van der Waals surface area contributed by atoms with Crippen LogP contribution in [-0.2, 0) is 0 Å². The fourth-order valence-electron chi connectivity index (χ4n) is 1.26. The molecule has 0 aromatic heterocycles. The minimum Gasteiger partial charge on any atom is -0.391 e. The van der Waals surface area contributed by atoms with Gasteiger partial charge in [0.15, 0.2) is 0 Å². The largest absolute Gasteiger partial charge is 0.391 e. The van der Waals surface area contributed by atoms with Gasteiger partial charge in [-0.2, -0.15) is 0 Å². The van der Waals surface area contributed by atoms with Crippen LogP contribution < -0.4 is 5.32 Å². The van der Waals surface area contributed by atoms with Crippen molar-refractivity contribution in [2.24, 2.45) is 0 Å². The summed E-state index contributed by atoms with van der Waals surface area (Å²) in [6.07, 6.45) is -0.413. The molecular formula is C13H19Cl2NOS. The topological polar surface area (TPSA) is 32.3 Å². The quantitative estimate of drug-likeness (QED) is 0.811. The maximum absolute atomic E-state index is 9.87. The van der Waals surface area contributed by atoms with Crippen LogP contribution in [0, 0.1) is 0 Å². The summed E-state index contributed by atoms with van der Waals surface area (Å²) in [5, 5.41) is 14.5. The highest BCUT2D eigenvalue weighted by Crippen LogP contribution is 2.30. The van der Waals surface area contributed by atoms with E-state index in [-0.39, 0.29) is 5.54 Å². The summed E-state index contributed by atoms with van der Waals surface area (Å²) in [4.78, 5) is 0.902. The number of benzene rings is 1. The second kappa shape index (κ2) is 7.01. The third kappa shape index (κ3) is 6.30. The van der Waals surface area contributed by atoms with E-state index in [9.17, 15) is 5.11 Å². The van der Waals surface area contributed by atoms with E-state index in [1.807, 2.05) is 6.07 Å². The first-order valence-corrected chi connectivity index (χ1v) is 7.53. The van der Waals surface area contributed by atoms with E-state index >= 15 is 0 Å². The summed E-state index contributed by atoms with van der Waals surface area (Å²) in [5.41, 5.74) is 0.0132. The number of aliphatic hydroxyl groups excluding tert-OH is 1. The van der Waals surface area contributed by atoms with Gasteiger partial charge in [-0.25, -0.2) is 0 Å². The Labute approximate surface area is 123 Å². The van der Waals surface area contributed by atoms with Crippen LogP contribution in [0.15, 0.2) is 23.1 Å². The fourth-order valence-corrected chi connectivity index (χ4v) is 2.68. The molecule has 0 heterocycles. The van der Waals surface area contributed by atoms with Crippen LogP contribution >= 0.6 is 35.0 Å². The van der Waals surface area contributed by atoms with Crippen molar-refractivity contribution in [3.8, 4) is 0 Å². The van der Waals surface area contributed by atoms with Gasteiger partial charge in [-0.05, 0) is 39.0 Å². The number of β-amino-alcohol motifs (C(OH)–C–C–N with tert-alkyl or cyclic N) is 1. The molecule has 1 aromatic carbocycles. The Morgan fingerprint density at radius 3 is 2.61 bits per heavy atom. The van der Waals surface area contributed by atoms with Crippen LogP contribution in [0.1, 0.15) is 20.8 Å². The van der Waals surface area contributed by atoms with Gasteiger partial charge in [0.25, 0.3) is 0 Å². The van der Waals surface area contributed by atoms with Gasteiger partial charge >= 0.3 is 0 Å². The lowest BCUT2D eigenvalue weighted by Gasteiger charge is -2.22. The molecule has 0 saturated heterocycles. The monoisotopic (exact) mass is 307 g/mol. The lowest BCUT2D eigenvalue weighted by molar-refractivity contribution is 0.183. The molecule has 2 nitrogen and oxygen atoms in total. The second-order valence-corrected chi connectivity index (χ2v) is 7.08. The Hall–Kier alpha value is 0.0700. The zero-order valence-electron chi connectivity index (χ0n) is 10.8. The van der Waals surface area contributed by atoms with Crippen molar-refractivity contribution < 1.29 is 5.11 Å². The summed E-state index contributed by atoms with van der Waals surface area (Å²) < 4.78 is 0. The molecular weight excluding hydrogens is 289 g/mol. The van der Waals surface area contributed by atoms with E-state index in [0.29, 0.717) is 22.3 Å². The van der Waals surface area contributed by atoms with Crippen molar-refractivity contribution in [1.29, 1.82) is 0 Å². The number of thioether (sulfide) groups is 1. The van der Waals surface area contributed by atoms with Crippen molar-refractivity contribution in [1.82, 2.24) is 5.32 Å². The molecule has 0 aliphatic carbocycles. The number of aliphatic hydroxyl groups is 1. The summed E-state index contributed by atoms with van der Waals surface area (Å²) in [7, 11) is 0. The van der Waals surface area contributed by atoms with Crippen LogP contribution in [0.4, 0.5) is 0 Å². The molecule has 0 radical (unpaired) electrons. The van der Waals surface area contributed by atoms with Crippen LogP contribution in [0.5, 0.6) is 0 Å². The van der Waals surface area contributed by atoms with Gasteiger partial charge in [0, 0.05) is 27.8 Å². The van der Waals surface area contributed by atoms with Crippen molar-refractivity contribution in [3.05, 3.63) is 28.2 Å². The Kier molecular flexibility index (Phi) is 6.28. The number of rotatable bonds is 5. The molecule has 0 fully saturated rings. The molecule has 18 heavy (non-hydrogen) atoms. The van der Waals surface area contributed by atoms with E-state index in [2.05, 4.69) is 26.1 Å². The van der Waals surface area contributed by atoms with Crippen molar-refractivity contribution in [2.75, 3.05) is 12.3 Å². The van der Waals surface area contributed by atoms with Gasteiger partial charge in [-0.3, -0.25) is 0 Å². The Morgan fingerprint density at radius 1 is 1.33 bits per heavy atom. The van der Waals surface area contributed by atoms with E-state index in [4.69, 9.17) is 23.2 Å². The number of nitrogens with one attached hydrogen (secondary N) is 1. The molecule has 1 unspecified atom stereocenters. The van der Waals surface area contributed by atoms with Gasteiger partial charge in [-0.15, -0.1) is 11.8 Å². The highest BCUT2D eigenvalue weighted by Gasteiger charge is 2.13. The summed E-state index contributed by atoms with van der Waals surface area (Å²) in [6.45, 7) is 6.77. The first-order valence-electron chi connectivity index (χ1n) is 5.79. The van der Waals surface area contributed by atoms with Crippen LogP contribution in [0.2, 0.25) is 10.0 Å². The molecule has 0 aliphatic rings. The number of hydrogen-bond donors (Lipinski definition) is 2. The Balaban J connectivity index is 2.42. The molecule has 0 spiro atoms. The van der Waals surface area contributed by atoms with Crippen molar-refractivity contribution in [2.45, 2.75) is 37.3 Å². The molecule has 2 N–H and O–H groups in total. The molecule has 102 valence electrons. The summed E-state index contributed by atoms with van der Waals surface area (Å²) >= 11 is 13.5. The molecule has 0 bridgehead atoms. The predicted octanol–water partition coefficient (Wildman–Crippen LogP) is 3.83. The summed E-state index contributed by atoms with van der Waals surface area (Å²) in [6, 6.07) is 5.34. The maximum Gasteiger partial charge on any atom is 0.0758 e. The Bertz CT molecular complexity index is 393. The highest BCUT2D eigenvalue weighted by molar-refractivity contribution is 7.99. The second-order valence-electron chi connectivity index (χ2n) is 5.17. The SMILES string of the molecule is CC(C)(C)NCC(O)CSc1cc(Cl)ccc1Cl. The first-order chi connectivity index (χ1) is 8.28. The number of hydrogen-bond acceptors (Lipinski definition) is 3. The lowest BCUT2D eigenvalue weighted by Crippen LogP contribution is -2.41. The molecule has 1 rings (SSSR count). The minimum absolute atomic E-state index is 0.0132. The smallest absolute Gasteiger partial charge is 0.0758 e. The van der Waals surface area contributed by atoms with Crippen molar-refractivity contribution in [3.63, 3.8) is 0 Å². The zero-order valence-corrected chi connectivity index (χ0v) is 13.2. The average Bonchev–Trinajstić information content (AvgIpc) is 2.26. The van der Waals surface area contributed by atoms with Crippen molar-refractivity contribution >= 4 is 35.0 Å². The maximum atomic E-state index is 9.87. The van der Waals surface area contributed by atoms with Crippen LogP contribution in [-0.4, -0.2) is 29.0 Å². The highest BCUT2D eigenvalue weighted by atomic mass is 35.5. The first kappa shape index (κ1) is 16.1. The minimum atomic E-state index is -0.413. The number of halogens is 2. The normalized spacial score (nSPS) is 13.7. The third-order valence-electron chi connectivity index (χ3n) is 2.19. The zero-order chi connectivity index (χ0) is 13.8. The van der Waals surface area contributed by atoms with E-state index in [1.54, 1.807) is 12.1 Å². The van der Waals surface area contributed by atoms with Gasteiger partial charge in [0.05, 0.1) is 11.1 Å². The van der Waals surface area contributed by atoms with Gasteiger partial charge in [0.2, 0.25) is 0 Å². The molecule has 0 saturated carbocycles. The molecule has 1 aromatic rings. The fraction of sp³-hybridized carbons (Fsp3) is 0.538. The molecule has 5 heteroatoms. The van der Waals surface area contributed by atoms with Gasteiger partial charge in [-0.1, -0.05) is 23.2 Å². The average molecular weight is 308 g/mol. The van der Waals surface area contributed by atoms with E-state index < -0.39 is 6.10 Å². The van der Waals surface area contributed by atoms with E-state index in [0.717, 1.165) is 4.90 Å². The van der Waals surface area contributed by atoms with Crippen LogP contribution in [0.25, 0.3) is 0 Å². The van der Waals surface area contributed by atoms with E-state index in [1.165, 1.54) is 11.8 Å². The molecule has 1 atom stereocenters. The Morgan fingerprint density at radius 2 is 2.00 bits per heavy atom. The van der Waals surface area contributed by atoms with Gasteiger partial charge < -0.3 is 10.4 Å². The van der Waals surface area contributed by atoms with Crippen LogP contribution in [0.3, 0.4) is 0 Å². The molecule has 0 amide bonds. The third-order valence-corrected chi connectivity index (χ3v) is 4.07. The standard InChI is InChI=1S/C13H19Cl2NOS/c1-13(2,3)16-7-10(17)8-18-12-6-9(14)4-5-11(12)15/h4-6,10,16-17H,7-8H2,1-3H3.